The number of aryl methyl sites for hydroxylation is 1. The number of carbonyl (C=O) groups is 3. The van der Waals surface area contributed by atoms with Crippen LogP contribution in [0, 0.1) is 6.92 Å². The number of nitrogens with two attached hydrogens (primary N) is 1. The maximum absolute atomic E-state index is 12.8. The Morgan fingerprint density at radius 1 is 1.44 bits per heavy atom. The predicted octanol–water partition coefficient (Wildman–Crippen LogP) is -1.19. The van der Waals surface area contributed by atoms with E-state index in [9.17, 15) is 19.5 Å². The van der Waals surface area contributed by atoms with Gasteiger partial charge in [-0.2, -0.15) is 4.80 Å². The molecule has 3 unspecified atom stereocenters. The molecule has 2 aliphatic heterocycles. The van der Waals surface area contributed by atoms with Gasteiger partial charge >= 0.3 is 5.97 Å². The summed E-state index contributed by atoms with van der Waals surface area (Å²) in [5, 5.41) is 30.5. The molecule has 14 nitrogen and oxygen atoms in total. The van der Waals surface area contributed by atoms with Crippen LogP contribution in [-0.4, -0.2) is 83.3 Å². The highest BCUT2D eigenvalue weighted by molar-refractivity contribution is 8.02. The van der Waals surface area contributed by atoms with Crippen LogP contribution < -0.4 is 11.1 Å². The van der Waals surface area contributed by atoms with Gasteiger partial charge in [0.2, 0.25) is 5.91 Å². The molecule has 0 saturated carbocycles. The molecule has 0 aromatic carbocycles. The van der Waals surface area contributed by atoms with E-state index in [1.807, 2.05) is 0 Å². The van der Waals surface area contributed by atoms with Crippen molar-refractivity contribution in [2.24, 2.45) is 5.16 Å². The Kier molecular flexibility index (Phi) is 5.79. The van der Waals surface area contributed by atoms with Gasteiger partial charge in [-0.15, -0.1) is 33.3 Å². The molecule has 0 radical (unpaired) electrons. The molecular formula is C16H17N9O5S2. The summed E-state index contributed by atoms with van der Waals surface area (Å²) in [6, 6.07) is -2.16. The van der Waals surface area contributed by atoms with E-state index in [0.717, 1.165) is 11.3 Å². The SMILES string of the molecule is CO/N=C(/C(=O)NC1C(=O)N2C(C(=O)O)C(Cn3nnc(C)n3)=CSC12)c1csc(N)n1. The summed E-state index contributed by atoms with van der Waals surface area (Å²) in [7, 11) is 1.27. The topological polar surface area (TPSA) is 191 Å². The monoisotopic (exact) mass is 479 g/mol. The number of nitrogens with one attached hydrogen (secondary N) is 1. The van der Waals surface area contributed by atoms with Gasteiger partial charge in [-0.3, -0.25) is 9.59 Å². The molecule has 4 N–H and O–H groups in total. The average Bonchev–Trinajstić information content (AvgIpc) is 3.37. The van der Waals surface area contributed by atoms with Gasteiger partial charge in [-0.05, 0) is 23.1 Å². The number of tetrazole rings is 1. The standard InChI is InChI=1S/C16H17N9O5S2/c1-6-20-23-24(21-6)3-7-4-31-14-10(13(27)25(14)11(7)15(28)29)19-12(26)9(22-30-2)8-5-32-16(17)18-8/h4-5,10-11,14H,3H2,1-2H3,(H2,17,18)(H,19,26)(H,28,29)/b22-9+. The highest BCUT2D eigenvalue weighted by atomic mass is 32.2. The number of hydrogen-bond acceptors (Lipinski definition) is 12. The third-order valence-corrected chi connectivity index (χ3v) is 6.52. The molecule has 168 valence electrons. The molecule has 32 heavy (non-hydrogen) atoms. The molecule has 2 amide bonds. The van der Waals surface area contributed by atoms with Crippen molar-refractivity contribution >= 4 is 51.7 Å². The first-order valence-electron chi connectivity index (χ1n) is 9.07. The van der Waals surface area contributed by atoms with Gasteiger partial charge in [0.15, 0.2) is 22.7 Å². The van der Waals surface area contributed by atoms with Crippen LogP contribution in [0.5, 0.6) is 0 Å². The molecule has 16 heteroatoms. The molecule has 2 aromatic heterocycles. The number of rotatable bonds is 7. The lowest BCUT2D eigenvalue weighted by Crippen LogP contribution is -2.74. The first kappa shape index (κ1) is 21.7. The number of carboxylic acids is 1. The summed E-state index contributed by atoms with van der Waals surface area (Å²) in [6.07, 6.45) is 0. The number of amides is 2. The van der Waals surface area contributed by atoms with E-state index in [1.165, 1.54) is 33.9 Å². The molecule has 1 fully saturated rings. The van der Waals surface area contributed by atoms with Crippen molar-refractivity contribution in [3.8, 4) is 0 Å². The van der Waals surface area contributed by atoms with Crippen molar-refractivity contribution in [1.82, 2.24) is 35.4 Å². The number of fused-ring (bicyclic) bond motifs is 1. The smallest absolute Gasteiger partial charge is 0.330 e. The zero-order chi connectivity index (χ0) is 23.0. The lowest BCUT2D eigenvalue weighted by molar-refractivity contribution is -0.159. The van der Waals surface area contributed by atoms with Crippen LogP contribution in [0.3, 0.4) is 0 Å². The van der Waals surface area contributed by atoms with Crippen molar-refractivity contribution < 1.29 is 24.3 Å². The Bertz CT molecular complexity index is 1140. The van der Waals surface area contributed by atoms with Crippen LogP contribution in [0.2, 0.25) is 0 Å². The van der Waals surface area contributed by atoms with E-state index in [0.29, 0.717) is 11.4 Å². The van der Waals surface area contributed by atoms with Crippen LogP contribution in [0.1, 0.15) is 11.5 Å². The fourth-order valence-corrected chi connectivity index (χ4v) is 5.06. The molecule has 2 aliphatic rings. The lowest BCUT2D eigenvalue weighted by Gasteiger charge is -2.51. The molecule has 4 rings (SSSR count). The number of thioether (sulfide) groups is 1. The minimum atomic E-state index is -1.21. The Balaban J connectivity index is 1.52. The first-order chi connectivity index (χ1) is 15.3. The number of nitrogens with zero attached hydrogens (tertiary/aromatic N) is 7. The van der Waals surface area contributed by atoms with Crippen molar-refractivity contribution in [2.75, 3.05) is 12.8 Å². The number of oxime groups is 1. The minimum absolute atomic E-state index is 0.0637. The fraction of sp³-hybridized carbons (Fsp3) is 0.375. The highest BCUT2D eigenvalue weighted by Gasteiger charge is 2.56. The fourth-order valence-electron chi connectivity index (χ4n) is 3.29. The van der Waals surface area contributed by atoms with E-state index in [2.05, 4.69) is 30.9 Å². The van der Waals surface area contributed by atoms with Gasteiger partial charge in [-0.25, -0.2) is 9.78 Å². The van der Waals surface area contributed by atoms with E-state index in [4.69, 9.17) is 10.6 Å². The van der Waals surface area contributed by atoms with Gasteiger partial charge in [-0.1, -0.05) is 5.16 Å². The van der Waals surface area contributed by atoms with Gasteiger partial charge in [0.25, 0.3) is 5.91 Å². The van der Waals surface area contributed by atoms with Crippen LogP contribution >= 0.6 is 23.1 Å². The molecule has 0 spiro atoms. The molecule has 4 heterocycles. The quantitative estimate of drug-likeness (QED) is 0.246. The van der Waals surface area contributed by atoms with Crippen LogP contribution in [-0.2, 0) is 25.8 Å². The Morgan fingerprint density at radius 2 is 2.22 bits per heavy atom. The second kappa shape index (κ2) is 8.54. The van der Waals surface area contributed by atoms with E-state index in [-0.39, 0.29) is 23.1 Å². The molecule has 0 aliphatic carbocycles. The second-order valence-electron chi connectivity index (χ2n) is 6.72. The van der Waals surface area contributed by atoms with Gasteiger partial charge in [0, 0.05) is 5.38 Å². The number of aromatic nitrogens is 5. The highest BCUT2D eigenvalue weighted by Crippen LogP contribution is 2.40. The molecule has 3 atom stereocenters. The maximum atomic E-state index is 12.8. The number of carboxylic acid groups (broad SMARTS) is 1. The largest absolute Gasteiger partial charge is 0.479 e. The number of hydrogen-bond donors (Lipinski definition) is 3. The van der Waals surface area contributed by atoms with E-state index < -0.39 is 35.2 Å². The van der Waals surface area contributed by atoms with Crippen molar-refractivity contribution in [3.05, 3.63) is 27.9 Å². The van der Waals surface area contributed by atoms with Crippen molar-refractivity contribution in [2.45, 2.75) is 30.9 Å². The van der Waals surface area contributed by atoms with Crippen LogP contribution in [0.4, 0.5) is 5.13 Å². The third-order valence-electron chi connectivity index (χ3n) is 4.63. The Hall–Kier alpha value is -3.53. The number of nitrogen functional groups attached to an aromatic ring is 1. The minimum Gasteiger partial charge on any atom is -0.479 e. The number of β-lactam (4-membered cyclic amide) rings is 1. The van der Waals surface area contributed by atoms with E-state index >= 15 is 0 Å². The van der Waals surface area contributed by atoms with Crippen molar-refractivity contribution in [1.29, 1.82) is 0 Å². The third kappa shape index (κ3) is 3.89. The second-order valence-corrected chi connectivity index (χ2v) is 8.60. The zero-order valence-electron chi connectivity index (χ0n) is 16.7. The van der Waals surface area contributed by atoms with Gasteiger partial charge < -0.3 is 25.9 Å². The van der Waals surface area contributed by atoms with E-state index in [1.54, 1.807) is 12.3 Å². The molecule has 2 aromatic rings. The number of carbonyl (C=O) groups excluding carboxylic acids is 2. The number of aliphatic carboxylic acids is 1. The summed E-state index contributed by atoms with van der Waals surface area (Å²) in [6.45, 7) is 1.72. The molecule has 1 saturated heterocycles. The molecule has 0 bridgehead atoms. The molecular weight excluding hydrogens is 462 g/mol. The first-order valence-corrected chi connectivity index (χ1v) is 10.9. The van der Waals surface area contributed by atoms with Crippen LogP contribution in [0.25, 0.3) is 0 Å². The van der Waals surface area contributed by atoms with Gasteiger partial charge in [0.1, 0.15) is 24.2 Å². The van der Waals surface area contributed by atoms with Crippen molar-refractivity contribution in [3.63, 3.8) is 0 Å². The lowest BCUT2D eigenvalue weighted by atomic mass is 9.97. The maximum Gasteiger partial charge on any atom is 0.330 e. The Morgan fingerprint density at radius 3 is 2.81 bits per heavy atom. The summed E-state index contributed by atoms with van der Waals surface area (Å²) < 4.78 is 0. The van der Waals surface area contributed by atoms with Crippen LogP contribution in [0.15, 0.2) is 21.5 Å². The zero-order valence-corrected chi connectivity index (χ0v) is 18.3. The normalized spacial score (nSPS) is 22.6. The van der Waals surface area contributed by atoms with Gasteiger partial charge in [0.05, 0.1) is 6.54 Å². The summed E-state index contributed by atoms with van der Waals surface area (Å²) >= 11 is 2.34. The summed E-state index contributed by atoms with van der Waals surface area (Å²) in [5.74, 6) is -1.99. The summed E-state index contributed by atoms with van der Waals surface area (Å²) in [5.41, 5.74) is 6.09. The number of anilines is 1. The summed E-state index contributed by atoms with van der Waals surface area (Å²) in [4.78, 5) is 48.7. The number of thiazole rings is 1. The Labute approximate surface area is 188 Å². The average molecular weight is 480 g/mol. The predicted molar refractivity (Wildman–Crippen MR) is 112 cm³/mol.